The minimum Gasteiger partial charge on any atom is -0.375 e. The van der Waals surface area contributed by atoms with Gasteiger partial charge in [0, 0.05) is 25.9 Å². The summed E-state index contributed by atoms with van der Waals surface area (Å²) in [7, 11) is -2.33. The van der Waals surface area contributed by atoms with Crippen LogP contribution in [0, 0.1) is 5.92 Å². The van der Waals surface area contributed by atoms with E-state index in [1.807, 2.05) is 0 Å². The first-order valence-corrected chi connectivity index (χ1v) is 9.58. The van der Waals surface area contributed by atoms with E-state index in [1.165, 1.54) is 25.3 Å². The first-order valence-electron chi connectivity index (χ1n) is 8.10. The highest BCUT2D eigenvalue weighted by Gasteiger charge is 2.24. The van der Waals surface area contributed by atoms with Gasteiger partial charge in [-0.2, -0.15) is 0 Å². The van der Waals surface area contributed by atoms with Crippen molar-refractivity contribution in [3.8, 4) is 0 Å². The van der Waals surface area contributed by atoms with Crippen molar-refractivity contribution in [1.29, 1.82) is 0 Å². The van der Waals surface area contributed by atoms with E-state index in [9.17, 15) is 18.0 Å². The minimum atomic E-state index is -3.71. The summed E-state index contributed by atoms with van der Waals surface area (Å²) in [4.78, 5) is 24.2. The molecule has 0 aliphatic rings. The van der Waals surface area contributed by atoms with Crippen molar-refractivity contribution < 1.29 is 22.7 Å². The third-order valence-corrected chi connectivity index (χ3v) is 4.85. The Morgan fingerprint density at radius 2 is 1.96 bits per heavy atom. The Bertz CT molecular complexity index is 721. The number of nitrogens with two attached hydrogens (primary N) is 1. The summed E-state index contributed by atoms with van der Waals surface area (Å²) in [6.45, 7) is 3.70. The van der Waals surface area contributed by atoms with Crippen molar-refractivity contribution >= 4 is 27.5 Å². The van der Waals surface area contributed by atoms with Gasteiger partial charge in [0.1, 0.15) is 12.6 Å². The lowest BCUT2D eigenvalue weighted by atomic mass is 10.0. The summed E-state index contributed by atoms with van der Waals surface area (Å²) in [6, 6.07) is 5.04. The predicted octanol–water partition coefficient (Wildman–Crippen LogP) is -0.351. The summed E-state index contributed by atoms with van der Waals surface area (Å²) in [5.74, 6) is -1.04. The second-order valence-corrected chi connectivity index (χ2v) is 7.69. The van der Waals surface area contributed by atoms with E-state index < -0.39 is 27.9 Å². The summed E-state index contributed by atoms with van der Waals surface area (Å²) in [5, 5.41) is 5.22. The Kier molecular flexibility index (Phi) is 8.66. The van der Waals surface area contributed by atoms with Crippen molar-refractivity contribution in [2.45, 2.75) is 24.8 Å². The molecule has 0 bridgehead atoms. The molecule has 1 aromatic carbocycles. The molecule has 0 heterocycles. The predicted molar refractivity (Wildman–Crippen MR) is 98.0 cm³/mol. The zero-order valence-corrected chi connectivity index (χ0v) is 15.9. The second kappa shape index (κ2) is 10.2. The Balaban J connectivity index is 2.91. The average molecular weight is 386 g/mol. The minimum absolute atomic E-state index is 0.00765. The molecule has 1 aromatic rings. The summed E-state index contributed by atoms with van der Waals surface area (Å²) in [6.07, 6.45) is 0. The van der Waals surface area contributed by atoms with Crippen molar-refractivity contribution in [2.24, 2.45) is 11.7 Å². The monoisotopic (exact) mass is 386 g/mol. The lowest BCUT2D eigenvalue weighted by Gasteiger charge is -2.21. The summed E-state index contributed by atoms with van der Waals surface area (Å²) in [5.41, 5.74) is 5.61. The second-order valence-electron chi connectivity index (χ2n) is 5.93. The lowest BCUT2D eigenvalue weighted by Crippen LogP contribution is -2.48. The van der Waals surface area contributed by atoms with Crippen molar-refractivity contribution in [3.05, 3.63) is 24.3 Å². The topological polar surface area (TPSA) is 140 Å². The molecule has 0 radical (unpaired) electrons. The van der Waals surface area contributed by atoms with Crippen LogP contribution < -0.4 is 21.1 Å². The zero-order chi connectivity index (χ0) is 19.7. The van der Waals surface area contributed by atoms with E-state index in [4.69, 9.17) is 10.5 Å². The number of ether oxygens (including phenoxy) is 1. The molecular weight excluding hydrogens is 360 g/mol. The first kappa shape index (κ1) is 22.0. The zero-order valence-electron chi connectivity index (χ0n) is 15.1. The van der Waals surface area contributed by atoms with Gasteiger partial charge in [0.15, 0.2) is 0 Å². The third kappa shape index (κ3) is 6.71. The number of hydrogen-bond acceptors (Lipinski definition) is 6. The maximum absolute atomic E-state index is 12.5. The van der Waals surface area contributed by atoms with Crippen LogP contribution in [0.2, 0.25) is 0 Å². The number of methoxy groups -OCH3 is 1. The highest BCUT2D eigenvalue weighted by atomic mass is 32.2. The van der Waals surface area contributed by atoms with Gasteiger partial charge in [-0.15, -0.1) is 0 Å². The van der Waals surface area contributed by atoms with Gasteiger partial charge in [0.05, 0.1) is 4.90 Å². The van der Waals surface area contributed by atoms with E-state index in [-0.39, 0.29) is 30.5 Å². The molecule has 0 spiro atoms. The number of anilines is 1. The van der Waals surface area contributed by atoms with Crippen molar-refractivity contribution in [2.75, 3.05) is 32.1 Å². The van der Waals surface area contributed by atoms with E-state index in [0.717, 1.165) is 0 Å². The third-order valence-electron chi connectivity index (χ3n) is 3.39. The molecule has 10 heteroatoms. The normalized spacial score (nSPS) is 12.7. The van der Waals surface area contributed by atoms with Crippen molar-refractivity contribution in [1.82, 2.24) is 10.0 Å². The Labute approximate surface area is 153 Å². The Morgan fingerprint density at radius 3 is 2.54 bits per heavy atom. The lowest BCUT2D eigenvalue weighted by molar-refractivity contribution is -0.129. The molecule has 146 valence electrons. The maximum Gasteiger partial charge on any atom is 0.247 e. The van der Waals surface area contributed by atoms with Gasteiger partial charge in [-0.05, 0) is 24.1 Å². The Morgan fingerprint density at radius 1 is 1.27 bits per heavy atom. The number of carbonyl (C=O) groups excluding carboxylic acids is 2. The van der Waals surface area contributed by atoms with Gasteiger partial charge >= 0.3 is 0 Å². The molecule has 0 unspecified atom stereocenters. The average Bonchev–Trinajstić information content (AvgIpc) is 2.58. The number of hydrogen-bond donors (Lipinski definition) is 4. The van der Waals surface area contributed by atoms with Crippen LogP contribution in [0.15, 0.2) is 29.2 Å². The fraction of sp³-hybridized carbons (Fsp3) is 0.500. The number of nitrogens with one attached hydrogen (secondary N) is 3. The van der Waals surface area contributed by atoms with Gasteiger partial charge < -0.3 is 21.1 Å². The highest BCUT2D eigenvalue weighted by Crippen LogP contribution is 2.16. The van der Waals surface area contributed by atoms with E-state index in [1.54, 1.807) is 19.9 Å². The molecule has 26 heavy (non-hydrogen) atoms. The molecule has 0 saturated heterocycles. The highest BCUT2D eigenvalue weighted by molar-refractivity contribution is 7.89. The standard InChI is InChI=1S/C16H26N4O5S/c1-11(2)15(20-14(21)10-25-3)16(22)19-12-5-4-6-13(9-12)26(23,24)18-8-7-17/h4-6,9,11,15,18H,7-8,10,17H2,1-3H3,(H,19,22)(H,20,21)/t15-/m0/s1. The molecular formula is C16H26N4O5S. The van der Waals surface area contributed by atoms with Gasteiger partial charge in [0.2, 0.25) is 21.8 Å². The molecule has 0 aliphatic heterocycles. The van der Waals surface area contributed by atoms with Crippen LogP contribution in [0.25, 0.3) is 0 Å². The fourth-order valence-electron chi connectivity index (χ4n) is 2.12. The number of rotatable bonds is 10. The van der Waals surface area contributed by atoms with E-state index >= 15 is 0 Å². The smallest absolute Gasteiger partial charge is 0.247 e. The fourth-order valence-corrected chi connectivity index (χ4v) is 3.21. The molecule has 2 amide bonds. The molecule has 5 N–H and O–H groups in total. The van der Waals surface area contributed by atoms with Gasteiger partial charge in [-0.25, -0.2) is 13.1 Å². The quantitative estimate of drug-likeness (QED) is 0.433. The Hall–Kier alpha value is -2.01. The molecule has 0 saturated carbocycles. The number of sulfonamides is 1. The molecule has 0 aliphatic carbocycles. The molecule has 9 nitrogen and oxygen atoms in total. The van der Waals surface area contributed by atoms with E-state index in [0.29, 0.717) is 5.69 Å². The molecule has 1 atom stereocenters. The first-order chi connectivity index (χ1) is 12.2. The van der Waals surface area contributed by atoms with Crippen LogP contribution >= 0.6 is 0 Å². The molecule has 1 rings (SSSR count). The summed E-state index contributed by atoms with van der Waals surface area (Å²) >= 11 is 0. The van der Waals surface area contributed by atoms with Crippen molar-refractivity contribution in [3.63, 3.8) is 0 Å². The van der Waals surface area contributed by atoms with Gasteiger partial charge in [-0.1, -0.05) is 19.9 Å². The maximum atomic E-state index is 12.5. The van der Waals surface area contributed by atoms with Crippen LogP contribution in [0.4, 0.5) is 5.69 Å². The van der Waals surface area contributed by atoms with Crippen LogP contribution in [0.5, 0.6) is 0 Å². The van der Waals surface area contributed by atoms with Crippen LogP contribution in [-0.2, 0) is 24.3 Å². The number of amides is 2. The van der Waals surface area contributed by atoms with E-state index in [2.05, 4.69) is 15.4 Å². The van der Waals surface area contributed by atoms with Crippen LogP contribution in [0.1, 0.15) is 13.8 Å². The number of benzene rings is 1. The SMILES string of the molecule is COCC(=O)N[C@H](C(=O)Nc1cccc(S(=O)(=O)NCCN)c1)C(C)C. The molecule has 0 fully saturated rings. The van der Waals surface area contributed by atoms with Crippen LogP contribution in [0.3, 0.4) is 0 Å². The number of carbonyl (C=O) groups is 2. The summed E-state index contributed by atoms with van der Waals surface area (Å²) < 4.78 is 31.4. The van der Waals surface area contributed by atoms with Crippen LogP contribution in [-0.4, -0.2) is 53.1 Å². The van der Waals surface area contributed by atoms with Gasteiger partial charge in [-0.3, -0.25) is 9.59 Å². The molecule has 0 aromatic heterocycles. The van der Waals surface area contributed by atoms with Gasteiger partial charge in [0.25, 0.3) is 0 Å². The largest absolute Gasteiger partial charge is 0.375 e.